The molecular formula is C19H17N3O4. The molecule has 0 aliphatic carbocycles. The van der Waals surface area contributed by atoms with Gasteiger partial charge < -0.3 is 19.8 Å². The Hall–Kier alpha value is -3.35. The lowest BCUT2D eigenvalue weighted by molar-refractivity contribution is 0.0696. The Kier molecular flexibility index (Phi) is 3.84. The van der Waals surface area contributed by atoms with Crippen LogP contribution in [0.25, 0.3) is 10.9 Å². The van der Waals surface area contributed by atoms with Crippen LogP contribution in [0.3, 0.4) is 0 Å². The number of nitrogens with zero attached hydrogens (tertiary/aromatic N) is 3. The molecule has 3 aromatic rings. The van der Waals surface area contributed by atoms with Gasteiger partial charge in [-0.15, -0.1) is 0 Å². The third-order valence-electron chi connectivity index (χ3n) is 4.68. The summed E-state index contributed by atoms with van der Waals surface area (Å²) >= 11 is 0. The molecule has 0 amide bonds. The SMILES string of the molecule is COc1cc2c(N3CCc4cc(C(=O)O)ccc4C3)ncnc2cc1O. The number of aromatic hydroxyl groups is 1. The largest absolute Gasteiger partial charge is 0.504 e. The van der Waals surface area contributed by atoms with Crippen LogP contribution < -0.4 is 9.64 Å². The molecular weight excluding hydrogens is 334 g/mol. The number of benzene rings is 2. The average molecular weight is 351 g/mol. The van der Waals surface area contributed by atoms with Crippen LogP contribution in [0, 0.1) is 0 Å². The Labute approximate surface area is 149 Å². The van der Waals surface area contributed by atoms with Crippen molar-refractivity contribution in [2.75, 3.05) is 18.6 Å². The zero-order chi connectivity index (χ0) is 18.3. The Morgan fingerprint density at radius 2 is 2.04 bits per heavy atom. The van der Waals surface area contributed by atoms with E-state index in [0.717, 1.165) is 28.8 Å². The number of carbonyl (C=O) groups is 1. The van der Waals surface area contributed by atoms with Gasteiger partial charge in [0, 0.05) is 24.5 Å². The van der Waals surface area contributed by atoms with Gasteiger partial charge in [-0.2, -0.15) is 0 Å². The van der Waals surface area contributed by atoms with Gasteiger partial charge in [-0.3, -0.25) is 0 Å². The third kappa shape index (κ3) is 2.67. The lowest BCUT2D eigenvalue weighted by Crippen LogP contribution is -2.31. The van der Waals surface area contributed by atoms with Crippen LogP contribution in [-0.4, -0.2) is 39.8 Å². The Bertz CT molecular complexity index is 1020. The molecule has 0 unspecified atom stereocenters. The van der Waals surface area contributed by atoms with Gasteiger partial charge in [0.15, 0.2) is 11.5 Å². The van der Waals surface area contributed by atoms with E-state index in [0.29, 0.717) is 29.9 Å². The van der Waals surface area contributed by atoms with Crippen molar-refractivity contribution in [3.8, 4) is 11.5 Å². The minimum atomic E-state index is -0.913. The van der Waals surface area contributed by atoms with Crippen molar-refractivity contribution >= 4 is 22.7 Å². The molecule has 132 valence electrons. The number of carboxylic acid groups (broad SMARTS) is 1. The Balaban J connectivity index is 1.74. The van der Waals surface area contributed by atoms with Crippen LogP contribution in [0.4, 0.5) is 5.82 Å². The van der Waals surface area contributed by atoms with Crippen molar-refractivity contribution in [1.82, 2.24) is 9.97 Å². The lowest BCUT2D eigenvalue weighted by Gasteiger charge is -2.30. The maximum absolute atomic E-state index is 11.1. The molecule has 1 aliphatic rings. The lowest BCUT2D eigenvalue weighted by atomic mass is 9.97. The van der Waals surface area contributed by atoms with E-state index in [4.69, 9.17) is 9.84 Å². The number of methoxy groups -OCH3 is 1. The molecule has 0 radical (unpaired) electrons. The van der Waals surface area contributed by atoms with Crippen LogP contribution in [0.5, 0.6) is 11.5 Å². The van der Waals surface area contributed by atoms with Crippen LogP contribution >= 0.6 is 0 Å². The molecule has 0 spiro atoms. The van der Waals surface area contributed by atoms with Crippen molar-refractivity contribution in [1.29, 1.82) is 0 Å². The fraction of sp³-hybridized carbons (Fsp3) is 0.211. The summed E-state index contributed by atoms with van der Waals surface area (Å²) in [4.78, 5) is 21.9. The first-order valence-electron chi connectivity index (χ1n) is 8.18. The first-order valence-corrected chi connectivity index (χ1v) is 8.18. The number of ether oxygens (including phenoxy) is 1. The molecule has 2 aromatic carbocycles. The zero-order valence-corrected chi connectivity index (χ0v) is 14.1. The van der Waals surface area contributed by atoms with E-state index < -0.39 is 5.97 Å². The summed E-state index contributed by atoms with van der Waals surface area (Å²) < 4.78 is 5.21. The summed E-state index contributed by atoms with van der Waals surface area (Å²) in [6.45, 7) is 1.34. The molecule has 4 rings (SSSR count). The molecule has 7 heteroatoms. The normalized spacial score (nSPS) is 13.5. The second kappa shape index (κ2) is 6.18. The Morgan fingerprint density at radius 3 is 2.81 bits per heavy atom. The number of fused-ring (bicyclic) bond motifs is 2. The van der Waals surface area contributed by atoms with E-state index in [9.17, 15) is 9.90 Å². The quantitative estimate of drug-likeness (QED) is 0.749. The standard InChI is InChI=1S/C19H17N3O4/c1-26-17-7-14-15(8-16(17)23)20-10-21-18(14)22-5-4-11-6-12(19(24)25)2-3-13(11)9-22/h2-3,6-8,10,23H,4-5,9H2,1H3,(H,24,25). The molecule has 7 nitrogen and oxygen atoms in total. The second-order valence-corrected chi connectivity index (χ2v) is 6.20. The van der Waals surface area contributed by atoms with Gasteiger partial charge in [0.25, 0.3) is 0 Å². The number of phenolic OH excluding ortho intramolecular Hbond substituents is 1. The van der Waals surface area contributed by atoms with Crippen LogP contribution in [0.1, 0.15) is 21.5 Å². The second-order valence-electron chi connectivity index (χ2n) is 6.20. The van der Waals surface area contributed by atoms with Gasteiger partial charge in [0.1, 0.15) is 12.1 Å². The van der Waals surface area contributed by atoms with E-state index in [-0.39, 0.29) is 5.75 Å². The molecule has 0 bridgehead atoms. The summed E-state index contributed by atoms with van der Waals surface area (Å²) in [7, 11) is 1.50. The van der Waals surface area contributed by atoms with E-state index in [2.05, 4.69) is 14.9 Å². The van der Waals surface area contributed by atoms with Crippen LogP contribution in [-0.2, 0) is 13.0 Å². The number of hydrogen-bond donors (Lipinski definition) is 2. The monoisotopic (exact) mass is 351 g/mol. The van der Waals surface area contributed by atoms with Gasteiger partial charge in [-0.25, -0.2) is 14.8 Å². The van der Waals surface area contributed by atoms with Crippen molar-refractivity contribution < 1.29 is 19.7 Å². The summed E-state index contributed by atoms with van der Waals surface area (Å²) in [6, 6.07) is 8.54. The molecule has 0 atom stereocenters. The van der Waals surface area contributed by atoms with Gasteiger partial charge in [-0.05, 0) is 35.7 Å². The average Bonchev–Trinajstić information content (AvgIpc) is 2.66. The predicted octanol–water partition coefficient (Wildman–Crippen LogP) is 2.60. The molecule has 0 saturated heterocycles. The fourth-order valence-electron chi connectivity index (χ4n) is 3.34. The Morgan fingerprint density at radius 1 is 1.19 bits per heavy atom. The van der Waals surface area contributed by atoms with E-state index in [1.165, 1.54) is 13.4 Å². The van der Waals surface area contributed by atoms with Gasteiger partial charge in [-0.1, -0.05) is 6.07 Å². The number of hydrogen-bond acceptors (Lipinski definition) is 6. The summed E-state index contributed by atoms with van der Waals surface area (Å²) in [6.07, 6.45) is 2.21. The molecule has 2 heterocycles. The van der Waals surface area contributed by atoms with Gasteiger partial charge in [0.05, 0.1) is 18.2 Å². The third-order valence-corrected chi connectivity index (χ3v) is 4.68. The molecule has 0 fully saturated rings. The van der Waals surface area contributed by atoms with Crippen molar-refractivity contribution in [2.45, 2.75) is 13.0 Å². The van der Waals surface area contributed by atoms with Crippen LogP contribution in [0.15, 0.2) is 36.7 Å². The van der Waals surface area contributed by atoms with Crippen molar-refractivity contribution in [3.63, 3.8) is 0 Å². The number of rotatable bonds is 3. The van der Waals surface area contributed by atoms with E-state index in [1.54, 1.807) is 24.3 Å². The number of anilines is 1. The zero-order valence-electron chi connectivity index (χ0n) is 14.1. The summed E-state index contributed by atoms with van der Waals surface area (Å²) in [5, 5.41) is 19.9. The predicted molar refractivity (Wildman–Crippen MR) is 95.9 cm³/mol. The maximum Gasteiger partial charge on any atom is 0.335 e. The first kappa shape index (κ1) is 16.1. The number of carboxylic acids is 1. The highest BCUT2D eigenvalue weighted by atomic mass is 16.5. The highest BCUT2D eigenvalue weighted by molar-refractivity contribution is 5.92. The smallest absolute Gasteiger partial charge is 0.335 e. The van der Waals surface area contributed by atoms with Crippen molar-refractivity contribution in [3.05, 3.63) is 53.3 Å². The minimum absolute atomic E-state index is 0.0369. The van der Waals surface area contributed by atoms with Gasteiger partial charge >= 0.3 is 5.97 Å². The number of aromatic carboxylic acids is 1. The van der Waals surface area contributed by atoms with Crippen molar-refractivity contribution in [2.24, 2.45) is 0 Å². The molecule has 2 N–H and O–H groups in total. The summed E-state index contributed by atoms with van der Waals surface area (Å²) in [5.41, 5.74) is 3.08. The van der Waals surface area contributed by atoms with Gasteiger partial charge in [0.2, 0.25) is 0 Å². The minimum Gasteiger partial charge on any atom is -0.504 e. The molecule has 0 saturated carbocycles. The molecule has 26 heavy (non-hydrogen) atoms. The highest BCUT2D eigenvalue weighted by Gasteiger charge is 2.21. The van der Waals surface area contributed by atoms with Crippen LogP contribution in [0.2, 0.25) is 0 Å². The fourth-order valence-corrected chi connectivity index (χ4v) is 3.34. The molecule has 1 aliphatic heterocycles. The number of phenols is 1. The van der Waals surface area contributed by atoms with E-state index in [1.807, 2.05) is 6.07 Å². The molecule has 1 aromatic heterocycles. The maximum atomic E-state index is 11.1. The number of aromatic nitrogens is 2. The highest BCUT2D eigenvalue weighted by Crippen LogP contribution is 2.35. The topological polar surface area (TPSA) is 95.8 Å². The van der Waals surface area contributed by atoms with E-state index >= 15 is 0 Å². The first-order chi connectivity index (χ1) is 12.6. The summed E-state index contributed by atoms with van der Waals surface area (Å²) in [5.74, 6) is 0.261.